The second-order valence-corrected chi connectivity index (χ2v) is 3.89. The van der Waals surface area contributed by atoms with E-state index in [-0.39, 0.29) is 20.0 Å². The minimum Gasteiger partial charge on any atom is -0.374 e. The molecule has 0 aromatic carbocycles. The summed E-state index contributed by atoms with van der Waals surface area (Å²) >= 11 is 1.80. The van der Waals surface area contributed by atoms with Crippen LogP contribution in [0.5, 0.6) is 0 Å². The van der Waals surface area contributed by atoms with Gasteiger partial charge in [0.2, 0.25) is 10.3 Å². The minimum atomic E-state index is -0.211. The number of H-pyrrole nitrogens is 2. The van der Waals surface area contributed by atoms with E-state index in [0.717, 1.165) is 22.7 Å². The fraction of sp³-hybridized carbons (Fsp3) is 0. The van der Waals surface area contributed by atoms with Crippen LogP contribution < -0.4 is 21.2 Å². The number of anilines is 2. The van der Waals surface area contributed by atoms with Gasteiger partial charge in [-0.15, -0.1) is 10.2 Å². The van der Waals surface area contributed by atoms with Crippen LogP contribution in [-0.4, -0.2) is 20.4 Å². The first-order valence-electron chi connectivity index (χ1n) is 3.20. The maximum Gasteiger partial charge on any atom is 0.324 e. The predicted molar refractivity (Wildman–Crippen MR) is 54.3 cm³/mol. The van der Waals surface area contributed by atoms with Gasteiger partial charge in [-0.3, -0.25) is 9.59 Å². The monoisotopic (exact) mass is 234 g/mol. The van der Waals surface area contributed by atoms with Gasteiger partial charge in [-0.1, -0.05) is 0 Å². The topological polar surface area (TPSA) is 144 Å². The van der Waals surface area contributed by atoms with Gasteiger partial charge in [0.15, 0.2) is 0 Å². The van der Waals surface area contributed by atoms with Crippen molar-refractivity contribution in [3.63, 3.8) is 0 Å². The Morgan fingerprint density at radius 2 is 1.29 bits per heavy atom. The molecule has 10 heteroatoms. The highest BCUT2D eigenvalue weighted by molar-refractivity contribution is 7.12. The van der Waals surface area contributed by atoms with Crippen molar-refractivity contribution >= 4 is 32.9 Å². The molecule has 0 aliphatic rings. The van der Waals surface area contributed by atoms with Gasteiger partial charge in [-0.2, -0.15) is 0 Å². The average molecular weight is 234 g/mol. The van der Waals surface area contributed by atoms with Crippen LogP contribution in [-0.2, 0) is 0 Å². The Bertz CT molecular complexity index is 448. The first-order valence-corrected chi connectivity index (χ1v) is 4.83. The van der Waals surface area contributed by atoms with Crippen molar-refractivity contribution in [1.82, 2.24) is 20.4 Å². The third-order valence-corrected chi connectivity index (χ3v) is 2.06. The first-order chi connectivity index (χ1) is 6.58. The molecule has 2 aromatic heterocycles. The van der Waals surface area contributed by atoms with Crippen LogP contribution in [0.3, 0.4) is 0 Å². The van der Waals surface area contributed by atoms with Crippen molar-refractivity contribution in [3.05, 3.63) is 19.3 Å². The summed E-state index contributed by atoms with van der Waals surface area (Å²) in [5.41, 5.74) is 10.1. The van der Waals surface area contributed by atoms with Crippen LogP contribution in [0.4, 0.5) is 10.3 Å². The maximum absolute atomic E-state index is 10.1. The highest BCUT2D eigenvalue weighted by atomic mass is 32.1. The Morgan fingerprint density at radius 1 is 0.929 bits per heavy atom. The van der Waals surface area contributed by atoms with Crippen molar-refractivity contribution in [1.29, 1.82) is 0 Å². The van der Waals surface area contributed by atoms with Gasteiger partial charge in [0.25, 0.3) is 0 Å². The van der Waals surface area contributed by atoms with Crippen LogP contribution in [0, 0.1) is 0 Å². The largest absolute Gasteiger partial charge is 0.374 e. The number of hydrogen-bond acceptors (Lipinski definition) is 8. The first kappa shape index (κ1) is 10.4. The van der Waals surface area contributed by atoms with E-state index in [2.05, 4.69) is 20.4 Å². The Balaban J connectivity index is 0.000000140. The lowest BCUT2D eigenvalue weighted by molar-refractivity contribution is 1.06. The number of nitrogens with two attached hydrogens (primary N) is 2. The molecule has 0 atom stereocenters. The van der Waals surface area contributed by atoms with Crippen LogP contribution >= 0.6 is 22.7 Å². The zero-order valence-corrected chi connectivity index (χ0v) is 8.32. The Hall–Kier alpha value is -1.68. The number of rotatable bonds is 0. The van der Waals surface area contributed by atoms with E-state index in [0.29, 0.717) is 0 Å². The molecule has 14 heavy (non-hydrogen) atoms. The number of aromatic nitrogens is 4. The summed E-state index contributed by atoms with van der Waals surface area (Å²) in [6, 6.07) is 0. The van der Waals surface area contributed by atoms with Gasteiger partial charge in [-0.25, -0.2) is 10.2 Å². The summed E-state index contributed by atoms with van der Waals surface area (Å²) < 4.78 is 0. The van der Waals surface area contributed by atoms with Crippen molar-refractivity contribution in [2.24, 2.45) is 0 Å². The summed E-state index contributed by atoms with van der Waals surface area (Å²) in [7, 11) is 0. The van der Waals surface area contributed by atoms with Crippen LogP contribution in [0.1, 0.15) is 0 Å². The molecule has 0 amide bonds. The van der Waals surface area contributed by atoms with Crippen molar-refractivity contribution in [3.8, 4) is 0 Å². The van der Waals surface area contributed by atoms with Gasteiger partial charge >= 0.3 is 9.75 Å². The maximum atomic E-state index is 10.1. The predicted octanol–water partition coefficient (Wildman–Crippen LogP) is -1.17. The zero-order chi connectivity index (χ0) is 10.6. The molecular weight excluding hydrogens is 228 g/mol. The summed E-state index contributed by atoms with van der Waals surface area (Å²) in [6.07, 6.45) is 0. The number of hydrogen-bond donors (Lipinski definition) is 4. The number of nitrogens with zero attached hydrogens (tertiary/aromatic N) is 2. The van der Waals surface area contributed by atoms with E-state index in [4.69, 9.17) is 11.5 Å². The average Bonchev–Trinajstić information content (AvgIpc) is 2.63. The minimum absolute atomic E-state index is 0.211. The normalized spacial score (nSPS) is 9.14. The van der Waals surface area contributed by atoms with E-state index in [1.807, 2.05) is 0 Å². The van der Waals surface area contributed by atoms with Gasteiger partial charge in [0.1, 0.15) is 0 Å². The Labute approximate surface area is 84.6 Å². The molecule has 0 aliphatic carbocycles. The standard InChI is InChI=1S/2C2H3N3OS/c2*3-1-4-5-2(6)7-1/h2*(H2,3,4)(H,5,6). The van der Waals surface area contributed by atoms with Crippen LogP contribution in [0.25, 0.3) is 0 Å². The van der Waals surface area contributed by atoms with Crippen LogP contribution in [0.15, 0.2) is 9.59 Å². The molecule has 0 aliphatic heterocycles. The molecular formula is C4H6N6O2S2. The second kappa shape index (κ2) is 4.53. The number of nitrogens with one attached hydrogen (secondary N) is 2. The molecule has 0 spiro atoms. The highest BCUT2D eigenvalue weighted by Crippen LogP contribution is 1.93. The summed E-state index contributed by atoms with van der Waals surface area (Å²) in [6.45, 7) is 0. The number of nitrogen functional groups attached to an aromatic ring is 2. The molecule has 0 fully saturated rings. The van der Waals surface area contributed by atoms with Crippen molar-refractivity contribution in [2.45, 2.75) is 0 Å². The molecule has 2 rings (SSSR count). The van der Waals surface area contributed by atoms with Gasteiger partial charge in [0, 0.05) is 0 Å². The second-order valence-electron chi connectivity index (χ2n) is 1.90. The third kappa shape index (κ3) is 3.37. The lowest BCUT2D eigenvalue weighted by Gasteiger charge is -1.65. The van der Waals surface area contributed by atoms with Crippen molar-refractivity contribution < 1.29 is 0 Å². The Kier molecular flexibility index (Phi) is 3.36. The van der Waals surface area contributed by atoms with E-state index in [1.165, 1.54) is 0 Å². The van der Waals surface area contributed by atoms with E-state index >= 15 is 0 Å². The molecule has 0 unspecified atom stereocenters. The fourth-order valence-corrected chi connectivity index (χ4v) is 1.23. The molecule has 0 radical (unpaired) electrons. The lowest BCUT2D eigenvalue weighted by Crippen LogP contribution is -1.90. The fourth-order valence-electron chi connectivity index (χ4n) is 0.483. The molecule has 6 N–H and O–H groups in total. The van der Waals surface area contributed by atoms with Gasteiger partial charge < -0.3 is 11.5 Å². The molecule has 2 aromatic rings. The van der Waals surface area contributed by atoms with Crippen LogP contribution in [0.2, 0.25) is 0 Å². The highest BCUT2D eigenvalue weighted by Gasteiger charge is 1.87. The summed E-state index contributed by atoms with van der Waals surface area (Å²) in [5, 5.41) is 11.6. The van der Waals surface area contributed by atoms with Gasteiger partial charge in [-0.05, 0) is 22.7 Å². The third-order valence-electron chi connectivity index (χ3n) is 0.909. The number of aromatic amines is 2. The quantitative estimate of drug-likeness (QED) is 0.452. The SMILES string of the molecule is Nc1n[nH]c(=O)s1.Nc1n[nH]c(=O)s1. The zero-order valence-electron chi connectivity index (χ0n) is 6.68. The van der Waals surface area contributed by atoms with E-state index in [9.17, 15) is 9.59 Å². The molecule has 76 valence electrons. The smallest absolute Gasteiger partial charge is 0.324 e. The molecule has 8 nitrogen and oxygen atoms in total. The molecule has 0 saturated carbocycles. The van der Waals surface area contributed by atoms with E-state index < -0.39 is 0 Å². The molecule has 2 heterocycles. The lowest BCUT2D eigenvalue weighted by atomic mass is 11.3. The van der Waals surface area contributed by atoms with E-state index in [1.54, 1.807) is 0 Å². The Morgan fingerprint density at radius 3 is 1.36 bits per heavy atom. The summed E-state index contributed by atoms with van der Waals surface area (Å²) in [5.74, 6) is 0. The molecule has 0 bridgehead atoms. The summed E-state index contributed by atoms with van der Waals surface area (Å²) in [4.78, 5) is 19.8. The van der Waals surface area contributed by atoms with Crippen molar-refractivity contribution in [2.75, 3.05) is 11.5 Å². The van der Waals surface area contributed by atoms with Gasteiger partial charge in [0.05, 0.1) is 0 Å². The molecule has 0 saturated heterocycles.